The molecule has 0 amide bonds. The number of benzene rings is 7. The summed E-state index contributed by atoms with van der Waals surface area (Å²) in [7, 11) is 0. The molecule has 0 N–H and O–H groups in total. The summed E-state index contributed by atoms with van der Waals surface area (Å²) < 4.78 is 0. The number of hydrogen-bond donors (Lipinski definition) is 0. The molecule has 0 atom stereocenters. The van der Waals surface area contributed by atoms with Crippen molar-refractivity contribution in [2.75, 3.05) is 0 Å². The fraction of sp³-hybridized carbons (Fsp3) is 0. The molecule has 1 aromatic heterocycles. The van der Waals surface area contributed by atoms with Gasteiger partial charge in [0.05, 0.1) is 0 Å². The predicted octanol–water partition coefficient (Wildman–Crippen LogP) is 11.2. The normalized spacial score (nSPS) is 11.5. The molecular formula is C39H25NS. The molecule has 0 bridgehead atoms. The van der Waals surface area contributed by atoms with Crippen LogP contribution in [0.5, 0.6) is 0 Å². The highest BCUT2D eigenvalue weighted by molar-refractivity contribution is 7.99. The van der Waals surface area contributed by atoms with Gasteiger partial charge in [-0.2, -0.15) is 0 Å². The van der Waals surface area contributed by atoms with Gasteiger partial charge in [0.25, 0.3) is 0 Å². The van der Waals surface area contributed by atoms with E-state index < -0.39 is 0 Å². The van der Waals surface area contributed by atoms with Gasteiger partial charge in [0.15, 0.2) is 0 Å². The molecule has 2 heteroatoms. The summed E-state index contributed by atoms with van der Waals surface area (Å²) >= 11 is 1.83. The van der Waals surface area contributed by atoms with Crippen molar-refractivity contribution < 1.29 is 0 Å². The van der Waals surface area contributed by atoms with Crippen LogP contribution in [0.4, 0.5) is 0 Å². The molecular weight excluding hydrogens is 515 g/mol. The monoisotopic (exact) mass is 539 g/mol. The molecule has 0 aliphatic heterocycles. The van der Waals surface area contributed by atoms with Gasteiger partial charge in [-0.3, -0.25) is 4.98 Å². The number of hydrogen-bond acceptors (Lipinski definition) is 2. The Morgan fingerprint density at radius 3 is 1.85 bits per heavy atom. The van der Waals surface area contributed by atoms with Crippen molar-refractivity contribution in [3.05, 3.63) is 152 Å². The molecule has 1 heterocycles. The molecule has 0 fully saturated rings. The minimum Gasteiger partial charge on any atom is -0.264 e. The Kier molecular flexibility index (Phi) is 5.79. The predicted molar refractivity (Wildman–Crippen MR) is 176 cm³/mol. The lowest BCUT2D eigenvalue weighted by Crippen LogP contribution is -1.92. The van der Waals surface area contributed by atoms with Gasteiger partial charge in [-0.15, -0.1) is 0 Å². The first-order valence-corrected chi connectivity index (χ1v) is 14.7. The van der Waals surface area contributed by atoms with E-state index in [2.05, 4.69) is 145 Å². The third-order valence-corrected chi connectivity index (χ3v) is 9.15. The number of pyridine rings is 1. The van der Waals surface area contributed by atoms with E-state index in [0.717, 1.165) is 0 Å². The zero-order valence-electron chi connectivity index (χ0n) is 22.3. The maximum Gasteiger partial charge on any atom is 0.0353 e. The number of fused-ring (bicyclic) bond motifs is 5. The van der Waals surface area contributed by atoms with Crippen molar-refractivity contribution in [3.63, 3.8) is 0 Å². The van der Waals surface area contributed by atoms with Crippen LogP contribution in [0.3, 0.4) is 0 Å². The first kappa shape index (κ1) is 23.9. The van der Waals surface area contributed by atoms with Gasteiger partial charge in [-0.25, -0.2) is 0 Å². The topological polar surface area (TPSA) is 12.9 Å². The van der Waals surface area contributed by atoms with E-state index in [9.17, 15) is 0 Å². The number of aromatic nitrogens is 1. The maximum atomic E-state index is 4.63. The van der Waals surface area contributed by atoms with E-state index in [-0.39, 0.29) is 0 Å². The van der Waals surface area contributed by atoms with E-state index in [1.165, 1.54) is 75.1 Å². The molecule has 0 aliphatic rings. The molecule has 1 nitrogen and oxygen atoms in total. The summed E-state index contributed by atoms with van der Waals surface area (Å²) in [5, 5.41) is 9.98. The van der Waals surface area contributed by atoms with E-state index >= 15 is 0 Å². The van der Waals surface area contributed by atoms with Crippen molar-refractivity contribution in [1.29, 1.82) is 0 Å². The molecule has 0 saturated carbocycles. The van der Waals surface area contributed by atoms with E-state index in [1.54, 1.807) is 0 Å². The van der Waals surface area contributed by atoms with Crippen molar-refractivity contribution in [2.24, 2.45) is 0 Å². The Morgan fingerprint density at radius 2 is 1.05 bits per heavy atom. The first-order chi connectivity index (χ1) is 20.3. The lowest BCUT2D eigenvalue weighted by molar-refractivity contribution is 1.36. The van der Waals surface area contributed by atoms with Gasteiger partial charge in [-0.1, -0.05) is 127 Å². The number of nitrogens with zero attached hydrogens (tertiary/aromatic N) is 1. The van der Waals surface area contributed by atoms with Crippen LogP contribution in [0.1, 0.15) is 0 Å². The molecule has 8 rings (SSSR count). The van der Waals surface area contributed by atoms with Crippen LogP contribution in [0.25, 0.3) is 65.3 Å². The fourth-order valence-corrected chi connectivity index (χ4v) is 7.19. The van der Waals surface area contributed by atoms with Gasteiger partial charge >= 0.3 is 0 Å². The van der Waals surface area contributed by atoms with Gasteiger partial charge in [0, 0.05) is 27.6 Å². The third kappa shape index (κ3) is 4.07. The largest absolute Gasteiger partial charge is 0.264 e. The molecule has 0 radical (unpaired) electrons. The van der Waals surface area contributed by atoms with Gasteiger partial charge in [0.2, 0.25) is 0 Å². The van der Waals surface area contributed by atoms with E-state index in [1.807, 2.05) is 24.2 Å². The summed E-state index contributed by atoms with van der Waals surface area (Å²) in [6, 6.07) is 50.3. The quantitative estimate of drug-likeness (QED) is 0.163. The Balaban J connectivity index is 1.37. The molecule has 8 aromatic rings. The van der Waals surface area contributed by atoms with Crippen LogP contribution >= 0.6 is 11.8 Å². The summed E-state index contributed by atoms with van der Waals surface area (Å²) in [6.45, 7) is 0. The van der Waals surface area contributed by atoms with Crippen LogP contribution in [-0.2, 0) is 0 Å². The average molecular weight is 540 g/mol. The van der Waals surface area contributed by atoms with Crippen LogP contribution < -0.4 is 0 Å². The van der Waals surface area contributed by atoms with Gasteiger partial charge < -0.3 is 0 Å². The molecule has 41 heavy (non-hydrogen) atoms. The fourth-order valence-electron chi connectivity index (χ4n) is 6.11. The molecule has 7 aromatic carbocycles. The van der Waals surface area contributed by atoms with Crippen molar-refractivity contribution in [2.45, 2.75) is 9.79 Å². The maximum absolute atomic E-state index is 4.63. The number of rotatable bonds is 4. The Labute approximate surface area is 243 Å². The second kappa shape index (κ2) is 9.92. The first-order valence-electron chi connectivity index (χ1n) is 13.9. The highest BCUT2D eigenvalue weighted by atomic mass is 32.2. The average Bonchev–Trinajstić information content (AvgIpc) is 3.05. The smallest absolute Gasteiger partial charge is 0.0353 e. The van der Waals surface area contributed by atoms with Gasteiger partial charge in [-0.05, 0) is 84.2 Å². The minimum atomic E-state index is 1.18. The van der Waals surface area contributed by atoms with E-state index in [0.29, 0.717) is 0 Å². The van der Waals surface area contributed by atoms with Crippen LogP contribution in [0, 0.1) is 0 Å². The minimum absolute atomic E-state index is 1.18. The molecule has 0 spiro atoms. The SMILES string of the molecule is c1ccc(-c2ccc(Sc3c4ccccc4c(-c4cc5ccccc5c5ccccc45)c4cnccc34)cc2)cc1. The van der Waals surface area contributed by atoms with Gasteiger partial charge in [0.1, 0.15) is 0 Å². The zero-order valence-corrected chi connectivity index (χ0v) is 23.1. The van der Waals surface area contributed by atoms with E-state index in [4.69, 9.17) is 0 Å². The summed E-state index contributed by atoms with van der Waals surface area (Å²) in [5.41, 5.74) is 4.96. The van der Waals surface area contributed by atoms with Crippen molar-refractivity contribution >= 4 is 54.9 Å². The summed E-state index contributed by atoms with van der Waals surface area (Å²) in [6.07, 6.45) is 3.96. The molecule has 0 aliphatic carbocycles. The summed E-state index contributed by atoms with van der Waals surface area (Å²) in [4.78, 5) is 7.11. The Bertz CT molecular complexity index is 2160. The zero-order chi connectivity index (χ0) is 27.2. The van der Waals surface area contributed by atoms with Crippen LogP contribution in [-0.4, -0.2) is 4.98 Å². The third-order valence-electron chi connectivity index (χ3n) is 7.99. The van der Waals surface area contributed by atoms with Crippen LogP contribution in [0.2, 0.25) is 0 Å². The van der Waals surface area contributed by atoms with Crippen molar-refractivity contribution in [1.82, 2.24) is 4.98 Å². The lowest BCUT2D eigenvalue weighted by atomic mass is 9.88. The lowest BCUT2D eigenvalue weighted by Gasteiger charge is -2.19. The molecule has 0 unspecified atom stereocenters. The van der Waals surface area contributed by atoms with Crippen LogP contribution in [0.15, 0.2) is 162 Å². The Hall–Kier alpha value is -4.92. The second-order valence-corrected chi connectivity index (χ2v) is 11.4. The highest BCUT2D eigenvalue weighted by Crippen LogP contribution is 2.47. The second-order valence-electron chi connectivity index (χ2n) is 10.4. The Morgan fingerprint density at radius 1 is 0.439 bits per heavy atom. The molecule has 0 saturated heterocycles. The standard InChI is InChI=1S/C39H25NS/c1-2-10-26(11-3-1)27-18-20-29(21-19-27)41-39-34-17-9-8-16-33(34)38(37-25-40-23-22-35(37)39)36-24-28-12-4-5-13-30(28)31-14-6-7-15-32(31)36/h1-25H. The summed E-state index contributed by atoms with van der Waals surface area (Å²) in [5.74, 6) is 0. The molecule has 192 valence electrons. The highest BCUT2D eigenvalue weighted by Gasteiger charge is 2.19. The van der Waals surface area contributed by atoms with Crippen molar-refractivity contribution in [3.8, 4) is 22.3 Å².